The lowest BCUT2D eigenvalue weighted by molar-refractivity contribution is 0.103. The quantitative estimate of drug-likeness (QED) is 0.685. The van der Waals surface area contributed by atoms with Crippen LogP contribution in [0.1, 0.15) is 31.5 Å². The van der Waals surface area contributed by atoms with Crippen LogP contribution in [0.15, 0.2) is 42.5 Å². The number of carbonyl (C=O) groups is 1. The highest BCUT2D eigenvalue weighted by atomic mass is 32.1. The Hall–Kier alpha value is -2.73. The molecule has 0 atom stereocenters. The maximum absolute atomic E-state index is 13.2. The second kappa shape index (κ2) is 7.66. The Balaban J connectivity index is 1.70. The SMILES string of the molecule is Cc1ccc(C)c(OCc2nc(C)c(C(=O)Nc3cccc(F)c3)s2)c1. The predicted molar refractivity (Wildman–Crippen MR) is 101 cm³/mol. The van der Waals surface area contributed by atoms with Gasteiger partial charge in [-0.15, -0.1) is 11.3 Å². The number of carbonyl (C=O) groups excluding carboxylic acids is 1. The molecule has 0 aliphatic rings. The number of nitrogens with one attached hydrogen (secondary N) is 1. The van der Waals surface area contributed by atoms with Gasteiger partial charge in [0.25, 0.3) is 5.91 Å². The Kier molecular flexibility index (Phi) is 5.32. The van der Waals surface area contributed by atoms with Crippen molar-refractivity contribution in [3.63, 3.8) is 0 Å². The Morgan fingerprint density at radius 2 is 2.00 bits per heavy atom. The number of hydrogen-bond acceptors (Lipinski definition) is 4. The summed E-state index contributed by atoms with van der Waals surface area (Å²) < 4.78 is 19.1. The van der Waals surface area contributed by atoms with Gasteiger partial charge >= 0.3 is 0 Å². The molecule has 1 heterocycles. The van der Waals surface area contributed by atoms with Gasteiger partial charge in [-0.2, -0.15) is 0 Å². The Labute approximate surface area is 155 Å². The number of halogens is 1. The molecule has 3 rings (SSSR count). The molecule has 1 N–H and O–H groups in total. The first-order chi connectivity index (χ1) is 12.4. The second-order valence-electron chi connectivity index (χ2n) is 6.04. The molecule has 0 aliphatic heterocycles. The van der Waals surface area contributed by atoms with Crippen LogP contribution < -0.4 is 10.1 Å². The summed E-state index contributed by atoms with van der Waals surface area (Å²) in [5.74, 6) is 0.110. The smallest absolute Gasteiger partial charge is 0.267 e. The summed E-state index contributed by atoms with van der Waals surface area (Å²) in [5.41, 5.74) is 3.21. The van der Waals surface area contributed by atoms with E-state index < -0.39 is 5.82 Å². The fraction of sp³-hybridized carbons (Fsp3) is 0.200. The highest BCUT2D eigenvalue weighted by Crippen LogP contribution is 2.24. The minimum atomic E-state index is -0.397. The number of ether oxygens (including phenoxy) is 1. The number of amides is 1. The number of rotatable bonds is 5. The van der Waals surface area contributed by atoms with Crippen molar-refractivity contribution in [2.45, 2.75) is 27.4 Å². The van der Waals surface area contributed by atoms with Gasteiger partial charge in [-0.25, -0.2) is 9.37 Å². The van der Waals surface area contributed by atoms with Crippen LogP contribution in [0.3, 0.4) is 0 Å². The lowest BCUT2D eigenvalue weighted by Crippen LogP contribution is -2.11. The van der Waals surface area contributed by atoms with E-state index >= 15 is 0 Å². The van der Waals surface area contributed by atoms with Gasteiger partial charge in [0.1, 0.15) is 28.1 Å². The number of aromatic nitrogens is 1. The molecule has 0 aliphatic carbocycles. The number of nitrogens with zero attached hydrogens (tertiary/aromatic N) is 1. The van der Waals surface area contributed by atoms with Gasteiger partial charge < -0.3 is 10.1 Å². The molecule has 2 aromatic carbocycles. The normalized spacial score (nSPS) is 10.6. The van der Waals surface area contributed by atoms with Crippen LogP contribution in [0, 0.1) is 26.6 Å². The van der Waals surface area contributed by atoms with E-state index in [4.69, 9.17) is 4.74 Å². The molecule has 3 aromatic rings. The van der Waals surface area contributed by atoms with Crippen molar-refractivity contribution >= 4 is 22.9 Å². The first-order valence-corrected chi connectivity index (χ1v) is 8.97. The van der Waals surface area contributed by atoms with Crippen molar-refractivity contribution in [1.29, 1.82) is 0 Å². The van der Waals surface area contributed by atoms with E-state index in [1.807, 2.05) is 32.0 Å². The van der Waals surface area contributed by atoms with E-state index in [0.29, 0.717) is 27.9 Å². The van der Waals surface area contributed by atoms with Crippen LogP contribution in [0.4, 0.5) is 10.1 Å². The number of aryl methyl sites for hydroxylation is 3. The van der Waals surface area contributed by atoms with Crippen LogP contribution in [-0.2, 0) is 6.61 Å². The number of hydrogen-bond donors (Lipinski definition) is 1. The largest absolute Gasteiger partial charge is 0.486 e. The molecule has 4 nitrogen and oxygen atoms in total. The maximum atomic E-state index is 13.2. The molecule has 134 valence electrons. The summed E-state index contributed by atoms with van der Waals surface area (Å²) in [4.78, 5) is 17.3. The summed E-state index contributed by atoms with van der Waals surface area (Å²) in [5, 5.41) is 3.41. The van der Waals surface area contributed by atoms with Crippen molar-refractivity contribution in [3.8, 4) is 5.75 Å². The van der Waals surface area contributed by atoms with E-state index in [1.54, 1.807) is 19.1 Å². The first kappa shape index (κ1) is 18.1. The molecule has 0 spiro atoms. The third-order valence-electron chi connectivity index (χ3n) is 3.82. The molecule has 6 heteroatoms. The number of benzene rings is 2. The van der Waals surface area contributed by atoms with Gasteiger partial charge in [-0.05, 0) is 56.2 Å². The van der Waals surface area contributed by atoms with Crippen LogP contribution in [0.5, 0.6) is 5.75 Å². The average molecular weight is 370 g/mol. The van der Waals surface area contributed by atoms with Crippen molar-refractivity contribution in [2.75, 3.05) is 5.32 Å². The van der Waals surface area contributed by atoms with Gasteiger partial charge in [0.05, 0.1) is 5.69 Å². The highest BCUT2D eigenvalue weighted by molar-refractivity contribution is 7.13. The van der Waals surface area contributed by atoms with Crippen molar-refractivity contribution < 1.29 is 13.9 Å². The first-order valence-electron chi connectivity index (χ1n) is 8.15. The molecule has 0 unspecified atom stereocenters. The molecule has 0 fully saturated rings. The van der Waals surface area contributed by atoms with Crippen molar-refractivity contribution in [1.82, 2.24) is 4.98 Å². The zero-order valence-corrected chi connectivity index (χ0v) is 15.6. The van der Waals surface area contributed by atoms with Crippen LogP contribution >= 0.6 is 11.3 Å². The fourth-order valence-corrected chi connectivity index (χ4v) is 3.35. The number of thiazole rings is 1. The van der Waals surface area contributed by atoms with Crippen molar-refractivity contribution in [2.24, 2.45) is 0 Å². The monoisotopic (exact) mass is 370 g/mol. The van der Waals surface area contributed by atoms with E-state index in [1.165, 1.54) is 23.5 Å². The van der Waals surface area contributed by atoms with E-state index in [9.17, 15) is 9.18 Å². The summed E-state index contributed by atoms with van der Waals surface area (Å²) in [6, 6.07) is 11.8. The molecule has 0 saturated heterocycles. The summed E-state index contributed by atoms with van der Waals surface area (Å²) in [6.07, 6.45) is 0. The molecule has 0 radical (unpaired) electrons. The predicted octanol–water partition coefficient (Wildman–Crippen LogP) is 5.04. The molecule has 0 saturated carbocycles. The van der Waals surface area contributed by atoms with E-state index in [0.717, 1.165) is 16.9 Å². The molecule has 0 bridgehead atoms. The number of anilines is 1. The zero-order valence-electron chi connectivity index (χ0n) is 14.8. The Morgan fingerprint density at radius 3 is 2.77 bits per heavy atom. The molecule has 1 aromatic heterocycles. The summed E-state index contributed by atoms with van der Waals surface area (Å²) in [7, 11) is 0. The molecular formula is C20H19FN2O2S. The lowest BCUT2D eigenvalue weighted by atomic mass is 10.1. The molecule has 1 amide bonds. The van der Waals surface area contributed by atoms with Gasteiger partial charge in [0.15, 0.2) is 0 Å². The minimum absolute atomic E-state index is 0.295. The van der Waals surface area contributed by atoms with Crippen LogP contribution in [0.25, 0.3) is 0 Å². The summed E-state index contributed by atoms with van der Waals surface area (Å²) >= 11 is 1.28. The minimum Gasteiger partial charge on any atom is -0.486 e. The lowest BCUT2D eigenvalue weighted by Gasteiger charge is -2.08. The Morgan fingerprint density at radius 1 is 1.19 bits per heavy atom. The van der Waals surface area contributed by atoms with E-state index in [-0.39, 0.29) is 5.91 Å². The van der Waals surface area contributed by atoms with Crippen LogP contribution in [0.2, 0.25) is 0 Å². The standard InChI is InChI=1S/C20H19FN2O2S/c1-12-7-8-13(2)17(9-12)25-11-18-22-14(3)19(26-18)20(24)23-16-6-4-5-15(21)10-16/h4-10H,11H2,1-3H3,(H,23,24). The second-order valence-corrected chi connectivity index (χ2v) is 7.13. The topological polar surface area (TPSA) is 51.2 Å². The van der Waals surface area contributed by atoms with Crippen LogP contribution in [-0.4, -0.2) is 10.9 Å². The third-order valence-corrected chi connectivity index (χ3v) is 4.95. The van der Waals surface area contributed by atoms with Gasteiger partial charge in [0.2, 0.25) is 0 Å². The van der Waals surface area contributed by atoms with E-state index in [2.05, 4.69) is 10.3 Å². The molecule has 26 heavy (non-hydrogen) atoms. The molecular weight excluding hydrogens is 351 g/mol. The van der Waals surface area contributed by atoms with Gasteiger partial charge in [-0.1, -0.05) is 18.2 Å². The zero-order chi connectivity index (χ0) is 18.7. The fourth-order valence-electron chi connectivity index (χ4n) is 2.48. The van der Waals surface area contributed by atoms with Crippen molar-refractivity contribution in [3.05, 3.63) is 75.0 Å². The summed E-state index contributed by atoms with van der Waals surface area (Å²) in [6.45, 7) is 6.07. The average Bonchev–Trinajstić information content (AvgIpc) is 2.96. The maximum Gasteiger partial charge on any atom is 0.267 e. The van der Waals surface area contributed by atoms with Gasteiger partial charge in [0, 0.05) is 5.69 Å². The third kappa shape index (κ3) is 4.26. The van der Waals surface area contributed by atoms with Gasteiger partial charge in [-0.3, -0.25) is 4.79 Å². The Bertz CT molecular complexity index is 953. The highest BCUT2D eigenvalue weighted by Gasteiger charge is 2.16.